The highest BCUT2D eigenvalue weighted by molar-refractivity contribution is 7.09. The highest BCUT2D eigenvalue weighted by Gasteiger charge is 2.21. The number of rotatable bonds is 6. The summed E-state index contributed by atoms with van der Waals surface area (Å²) < 4.78 is 0. The molecule has 1 aromatic heterocycles. The molecule has 0 aliphatic heterocycles. The first-order valence-electron chi connectivity index (χ1n) is 7.64. The predicted molar refractivity (Wildman–Crippen MR) is 91.1 cm³/mol. The van der Waals surface area contributed by atoms with Gasteiger partial charge in [-0.2, -0.15) is 0 Å². The molecule has 0 saturated carbocycles. The third-order valence-electron chi connectivity index (χ3n) is 3.30. The SMILES string of the molecule is CC(O)CC(C)(C)CNC(=O)NCc1nc(C(C)(C)C)cs1. The summed E-state index contributed by atoms with van der Waals surface area (Å²) in [4.78, 5) is 16.4. The van der Waals surface area contributed by atoms with Gasteiger partial charge in [-0.3, -0.25) is 0 Å². The van der Waals surface area contributed by atoms with Gasteiger partial charge in [0.25, 0.3) is 0 Å². The van der Waals surface area contributed by atoms with E-state index in [0.717, 1.165) is 10.7 Å². The number of aliphatic hydroxyl groups is 1. The van der Waals surface area contributed by atoms with Crippen LogP contribution >= 0.6 is 11.3 Å². The van der Waals surface area contributed by atoms with Crippen LogP contribution in [0, 0.1) is 5.41 Å². The third-order valence-corrected chi connectivity index (χ3v) is 4.14. The first kappa shape index (κ1) is 18.9. The topological polar surface area (TPSA) is 74.2 Å². The van der Waals surface area contributed by atoms with Crippen molar-refractivity contribution in [1.29, 1.82) is 0 Å². The number of amides is 2. The molecule has 0 bridgehead atoms. The molecule has 0 aliphatic carbocycles. The van der Waals surface area contributed by atoms with E-state index in [1.807, 2.05) is 19.2 Å². The molecule has 126 valence electrons. The lowest BCUT2D eigenvalue weighted by Gasteiger charge is -2.26. The summed E-state index contributed by atoms with van der Waals surface area (Å²) in [6.45, 7) is 13.1. The average Bonchev–Trinajstić information content (AvgIpc) is 2.81. The molecule has 1 aromatic rings. The number of nitrogens with zero attached hydrogens (tertiary/aromatic N) is 1. The van der Waals surface area contributed by atoms with Crippen LogP contribution in [0.4, 0.5) is 4.79 Å². The second-order valence-electron chi connectivity index (χ2n) is 7.63. The number of aromatic nitrogens is 1. The maximum absolute atomic E-state index is 11.8. The minimum absolute atomic E-state index is 0.0298. The molecule has 22 heavy (non-hydrogen) atoms. The molecular formula is C16H29N3O2S. The normalized spacial score (nSPS) is 13.8. The van der Waals surface area contributed by atoms with Crippen LogP contribution in [0.5, 0.6) is 0 Å². The minimum atomic E-state index is -0.369. The Bertz CT molecular complexity index is 490. The first-order valence-corrected chi connectivity index (χ1v) is 8.52. The fourth-order valence-electron chi connectivity index (χ4n) is 2.15. The Morgan fingerprint density at radius 3 is 2.45 bits per heavy atom. The van der Waals surface area contributed by atoms with Crippen molar-refractivity contribution < 1.29 is 9.90 Å². The zero-order valence-corrected chi connectivity index (χ0v) is 15.3. The Kier molecular flexibility index (Phi) is 6.38. The molecule has 1 heterocycles. The van der Waals surface area contributed by atoms with E-state index in [9.17, 15) is 9.90 Å². The molecule has 0 aromatic carbocycles. The van der Waals surface area contributed by atoms with Gasteiger partial charge in [0.05, 0.1) is 18.3 Å². The van der Waals surface area contributed by atoms with E-state index < -0.39 is 0 Å². The van der Waals surface area contributed by atoms with Crippen molar-refractivity contribution in [2.24, 2.45) is 5.41 Å². The molecule has 1 rings (SSSR count). The fourth-order valence-corrected chi connectivity index (χ4v) is 3.11. The van der Waals surface area contributed by atoms with Gasteiger partial charge < -0.3 is 15.7 Å². The summed E-state index contributed by atoms with van der Waals surface area (Å²) in [6, 6.07) is -0.203. The van der Waals surface area contributed by atoms with Gasteiger partial charge in [-0.05, 0) is 18.8 Å². The quantitative estimate of drug-likeness (QED) is 0.752. The van der Waals surface area contributed by atoms with Crippen LogP contribution in [0.25, 0.3) is 0 Å². The summed E-state index contributed by atoms with van der Waals surface area (Å²) in [5, 5.41) is 18.1. The zero-order chi connectivity index (χ0) is 17.0. The van der Waals surface area contributed by atoms with E-state index in [-0.39, 0.29) is 23.0 Å². The monoisotopic (exact) mass is 327 g/mol. The third kappa shape index (κ3) is 6.75. The van der Waals surface area contributed by atoms with Crippen LogP contribution in [-0.4, -0.2) is 28.8 Å². The van der Waals surface area contributed by atoms with Crippen LogP contribution in [0.3, 0.4) is 0 Å². The van der Waals surface area contributed by atoms with E-state index >= 15 is 0 Å². The first-order chi connectivity index (χ1) is 9.99. The van der Waals surface area contributed by atoms with E-state index in [1.54, 1.807) is 18.3 Å². The second-order valence-corrected chi connectivity index (χ2v) is 8.57. The average molecular weight is 327 g/mol. The maximum Gasteiger partial charge on any atom is 0.315 e. The number of thiazole rings is 1. The molecule has 1 atom stereocenters. The van der Waals surface area contributed by atoms with Crippen LogP contribution < -0.4 is 10.6 Å². The van der Waals surface area contributed by atoms with Gasteiger partial charge >= 0.3 is 6.03 Å². The lowest BCUT2D eigenvalue weighted by molar-refractivity contribution is 0.129. The van der Waals surface area contributed by atoms with Gasteiger partial charge in [0.15, 0.2) is 0 Å². The number of aliphatic hydroxyl groups excluding tert-OH is 1. The molecule has 5 nitrogen and oxygen atoms in total. The summed E-state index contributed by atoms with van der Waals surface area (Å²) in [7, 11) is 0. The van der Waals surface area contributed by atoms with Gasteiger partial charge in [-0.1, -0.05) is 34.6 Å². The van der Waals surface area contributed by atoms with Crippen LogP contribution in [0.1, 0.15) is 58.7 Å². The highest BCUT2D eigenvalue weighted by atomic mass is 32.1. The largest absolute Gasteiger partial charge is 0.393 e. The van der Waals surface area contributed by atoms with Crippen molar-refractivity contribution in [3.8, 4) is 0 Å². The Labute approximate surface area is 137 Å². The van der Waals surface area contributed by atoms with Crippen LogP contribution in [0.2, 0.25) is 0 Å². The van der Waals surface area contributed by atoms with Crippen LogP contribution in [0.15, 0.2) is 5.38 Å². The standard InChI is InChI=1S/C16H29N3O2S/c1-11(20)7-16(5,6)10-18-14(21)17-8-13-19-12(9-22-13)15(2,3)4/h9,11,20H,7-8,10H2,1-6H3,(H2,17,18,21). The van der Waals surface area contributed by atoms with Crippen molar-refractivity contribution >= 4 is 17.4 Å². The van der Waals surface area contributed by atoms with Crippen molar-refractivity contribution in [3.63, 3.8) is 0 Å². The van der Waals surface area contributed by atoms with Gasteiger partial charge in [0.1, 0.15) is 5.01 Å². The Morgan fingerprint density at radius 1 is 1.32 bits per heavy atom. The van der Waals surface area contributed by atoms with Crippen molar-refractivity contribution in [2.75, 3.05) is 6.54 Å². The molecule has 0 aliphatic rings. The maximum atomic E-state index is 11.8. The Balaban J connectivity index is 2.39. The number of hydrogen-bond donors (Lipinski definition) is 3. The predicted octanol–water partition coefficient (Wildman–Crippen LogP) is 3.04. The van der Waals surface area contributed by atoms with E-state index in [2.05, 4.69) is 36.4 Å². The smallest absolute Gasteiger partial charge is 0.315 e. The van der Waals surface area contributed by atoms with Crippen molar-refractivity contribution in [2.45, 2.75) is 66.0 Å². The summed E-state index contributed by atoms with van der Waals surface area (Å²) in [5.74, 6) is 0. The van der Waals surface area contributed by atoms with E-state index in [0.29, 0.717) is 19.5 Å². The highest BCUT2D eigenvalue weighted by Crippen LogP contribution is 2.24. The van der Waals surface area contributed by atoms with Gasteiger partial charge in [-0.25, -0.2) is 9.78 Å². The summed E-state index contributed by atoms with van der Waals surface area (Å²) >= 11 is 1.56. The van der Waals surface area contributed by atoms with E-state index in [1.165, 1.54) is 0 Å². The number of nitrogens with one attached hydrogen (secondary N) is 2. The Hall–Kier alpha value is -1.14. The number of hydrogen-bond acceptors (Lipinski definition) is 4. The molecule has 0 saturated heterocycles. The van der Waals surface area contributed by atoms with Gasteiger partial charge in [0, 0.05) is 17.3 Å². The molecule has 2 amide bonds. The molecule has 0 spiro atoms. The number of carbonyl (C=O) groups is 1. The van der Waals surface area contributed by atoms with Crippen LogP contribution in [-0.2, 0) is 12.0 Å². The molecule has 6 heteroatoms. The molecule has 1 unspecified atom stereocenters. The van der Waals surface area contributed by atoms with Crippen molar-refractivity contribution in [1.82, 2.24) is 15.6 Å². The number of urea groups is 1. The summed E-state index contributed by atoms with van der Waals surface area (Å²) in [6.07, 6.45) is 0.278. The second kappa shape index (κ2) is 7.42. The minimum Gasteiger partial charge on any atom is -0.393 e. The lowest BCUT2D eigenvalue weighted by atomic mass is 9.87. The molecule has 0 fully saturated rings. The zero-order valence-electron chi connectivity index (χ0n) is 14.5. The molecular weight excluding hydrogens is 298 g/mol. The number of carbonyl (C=O) groups excluding carboxylic acids is 1. The fraction of sp³-hybridized carbons (Fsp3) is 0.750. The Morgan fingerprint density at radius 2 is 1.95 bits per heavy atom. The van der Waals surface area contributed by atoms with Crippen molar-refractivity contribution in [3.05, 3.63) is 16.1 Å². The lowest BCUT2D eigenvalue weighted by Crippen LogP contribution is -2.41. The molecule has 0 radical (unpaired) electrons. The van der Waals surface area contributed by atoms with Gasteiger partial charge in [-0.15, -0.1) is 11.3 Å². The summed E-state index contributed by atoms with van der Waals surface area (Å²) in [5.41, 5.74) is 0.946. The molecule has 3 N–H and O–H groups in total. The van der Waals surface area contributed by atoms with E-state index in [4.69, 9.17) is 0 Å². The van der Waals surface area contributed by atoms with Gasteiger partial charge in [0.2, 0.25) is 0 Å².